The number of likely N-dealkylation sites (N-methyl/N-ethyl adjacent to an activating group) is 1. The third kappa shape index (κ3) is 3.69. The number of carbonyl (C=O) groups is 1. The van der Waals surface area contributed by atoms with Gasteiger partial charge in [-0.1, -0.05) is 30.3 Å². The molecule has 2 aromatic carbocycles. The van der Waals surface area contributed by atoms with E-state index in [1.807, 2.05) is 72.4 Å². The molecule has 29 heavy (non-hydrogen) atoms. The zero-order chi connectivity index (χ0) is 20.4. The Balaban J connectivity index is 1.79. The highest BCUT2D eigenvalue weighted by Crippen LogP contribution is 2.32. The van der Waals surface area contributed by atoms with Crippen molar-refractivity contribution in [3.05, 3.63) is 82.0 Å². The molecule has 0 aliphatic carbocycles. The lowest BCUT2D eigenvalue weighted by Gasteiger charge is -2.32. The number of fused-ring (bicyclic) bond motifs is 1. The third-order valence-electron chi connectivity index (χ3n) is 5.34. The number of methoxy groups -OCH3 is 1. The molecule has 148 valence electrons. The lowest BCUT2D eigenvalue weighted by Crippen LogP contribution is -2.52. The zero-order valence-electron chi connectivity index (χ0n) is 16.4. The van der Waals surface area contributed by atoms with Crippen molar-refractivity contribution in [2.24, 2.45) is 10.7 Å². The van der Waals surface area contributed by atoms with Gasteiger partial charge in [0.2, 0.25) is 0 Å². The van der Waals surface area contributed by atoms with Crippen molar-refractivity contribution < 1.29 is 9.53 Å². The number of nitrogens with zero attached hydrogens (tertiary/aromatic N) is 2. The first-order chi connectivity index (χ1) is 14.1. The molecule has 3 aromatic rings. The summed E-state index contributed by atoms with van der Waals surface area (Å²) in [5.74, 6) is 0.687. The third-order valence-corrected chi connectivity index (χ3v) is 6.03. The molecule has 2 atom stereocenters. The van der Waals surface area contributed by atoms with Crippen LogP contribution in [0.25, 0.3) is 0 Å². The molecule has 0 saturated heterocycles. The molecule has 1 aromatic heterocycles. The van der Waals surface area contributed by atoms with E-state index in [-0.39, 0.29) is 11.8 Å². The Hall–Kier alpha value is -2.96. The van der Waals surface area contributed by atoms with Crippen LogP contribution in [0.1, 0.15) is 21.5 Å². The van der Waals surface area contributed by atoms with Crippen molar-refractivity contribution in [3.63, 3.8) is 0 Å². The molecule has 0 spiro atoms. The second kappa shape index (κ2) is 8.19. The van der Waals surface area contributed by atoms with E-state index < -0.39 is 6.04 Å². The first kappa shape index (κ1) is 19.4. The number of hydrogen-bond acceptors (Lipinski definition) is 6. The number of ketones is 1. The summed E-state index contributed by atoms with van der Waals surface area (Å²) in [5, 5.41) is 3.73. The van der Waals surface area contributed by atoms with Crippen molar-refractivity contribution in [1.82, 2.24) is 0 Å². The number of aliphatic imine (C=N–C) groups is 1. The minimum absolute atomic E-state index is 0.0640. The Bertz CT molecular complexity index is 1030. The average molecular weight is 406 g/mol. The van der Waals surface area contributed by atoms with Crippen LogP contribution in [0.15, 0.2) is 70.3 Å². The van der Waals surface area contributed by atoms with Crippen molar-refractivity contribution in [2.75, 3.05) is 25.6 Å². The number of benzene rings is 2. The normalized spacial score (nSPS) is 17.1. The predicted octanol–water partition coefficient (Wildman–Crippen LogP) is 3.62. The molecule has 0 saturated carbocycles. The fourth-order valence-electron chi connectivity index (χ4n) is 3.67. The minimum Gasteiger partial charge on any atom is -0.497 e. The zero-order valence-corrected chi connectivity index (χ0v) is 17.2. The fourth-order valence-corrected chi connectivity index (χ4v) is 4.32. The van der Waals surface area contributed by atoms with Gasteiger partial charge in [-0.15, -0.1) is 0 Å². The number of anilines is 1. The van der Waals surface area contributed by atoms with Crippen LogP contribution in [-0.2, 0) is 0 Å². The minimum atomic E-state index is -0.687. The van der Waals surface area contributed by atoms with Crippen LogP contribution in [0.2, 0.25) is 0 Å². The molecular weight excluding hydrogens is 382 g/mol. The summed E-state index contributed by atoms with van der Waals surface area (Å²) in [4.78, 5) is 19.9. The number of thiophene rings is 1. The van der Waals surface area contributed by atoms with E-state index in [9.17, 15) is 4.79 Å². The molecule has 0 bridgehead atoms. The van der Waals surface area contributed by atoms with Crippen LogP contribution in [-0.4, -0.2) is 44.3 Å². The molecule has 1 aliphatic rings. The van der Waals surface area contributed by atoms with E-state index in [1.54, 1.807) is 7.11 Å². The van der Waals surface area contributed by atoms with Gasteiger partial charge < -0.3 is 15.4 Å². The highest BCUT2D eigenvalue weighted by atomic mass is 32.1. The van der Waals surface area contributed by atoms with E-state index in [2.05, 4.69) is 4.90 Å². The Labute approximate surface area is 174 Å². The van der Waals surface area contributed by atoms with Crippen molar-refractivity contribution in [1.29, 1.82) is 0 Å². The van der Waals surface area contributed by atoms with E-state index in [0.717, 1.165) is 28.3 Å². The summed E-state index contributed by atoms with van der Waals surface area (Å²) in [6.45, 7) is 0.425. The SMILES string of the molecule is COc1ccc2c(c1)N(C)C(C(N)C(=O)c1ccsc1)CN=C2c1ccccc1. The van der Waals surface area contributed by atoms with Gasteiger partial charge in [-0.2, -0.15) is 11.3 Å². The highest BCUT2D eigenvalue weighted by Gasteiger charge is 2.33. The van der Waals surface area contributed by atoms with E-state index in [4.69, 9.17) is 15.5 Å². The summed E-state index contributed by atoms with van der Waals surface area (Å²) >= 11 is 1.49. The molecular formula is C23H23N3O2S. The molecule has 5 nitrogen and oxygen atoms in total. The monoisotopic (exact) mass is 405 g/mol. The Kier molecular flexibility index (Phi) is 5.47. The molecule has 2 unspecified atom stereocenters. The second-order valence-corrected chi connectivity index (χ2v) is 7.80. The predicted molar refractivity (Wildman–Crippen MR) is 119 cm³/mol. The van der Waals surface area contributed by atoms with Gasteiger partial charge in [-0.3, -0.25) is 9.79 Å². The summed E-state index contributed by atoms with van der Waals surface area (Å²) in [6, 6.07) is 16.9. The second-order valence-electron chi connectivity index (χ2n) is 7.02. The first-order valence-electron chi connectivity index (χ1n) is 9.43. The van der Waals surface area contributed by atoms with Crippen LogP contribution >= 0.6 is 11.3 Å². The van der Waals surface area contributed by atoms with E-state index >= 15 is 0 Å². The van der Waals surface area contributed by atoms with Gasteiger partial charge in [0, 0.05) is 40.9 Å². The van der Waals surface area contributed by atoms with E-state index in [1.165, 1.54) is 11.3 Å². The standard InChI is InChI=1S/C23H23N3O2S/c1-26-19-12-17(28-2)8-9-18(19)22(15-6-4-3-5-7-15)25-13-20(26)21(24)23(27)16-10-11-29-14-16/h3-12,14,20-21H,13,24H2,1-2H3. The van der Waals surface area contributed by atoms with Gasteiger partial charge in [-0.25, -0.2) is 0 Å². The lowest BCUT2D eigenvalue weighted by atomic mass is 9.98. The summed E-state index contributed by atoms with van der Waals surface area (Å²) in [5.41, 5.74) is 11.0. The van der Waals surface area contributed by atoms with Crippen molar-refractivity contribution in [2.45, 2.75) is 12.1 Å². The Morgan fingerprint density at radius 2 is 2.03 bits per heavy atom. The number of nitrogens with two attached hydrogens (primary N) is 1. The molecule has 2 heterocycles. The van der Waals surface area contributed by atoms with Gasteiger partial charge in [0.1, 0.15) is 5.75 Å². The molecule has 0 fully saturated rings. The van der Waals surface area contributed by atoms with Gasteiger partial charge in [0.15, 0.2) is 5.78 Å². The van der Waals surface area contributed by atoms with Crippen molar-refractivity contribution in [3.8, 4) is 5.75 Å². The van der Waals surface area contributed by atoms with Crippen LogP contribution in [0, 0.1) is 0 Å². The number of ether oxygens (including phenoxy) is 1. The summed E-state index contributed by atoms with van der Waals surface area (Å²) in [7, 11) is 3.61. The molecule has 1 aliphatic heterocycles. The lowest BCUT2D eigenvalue weighted by molar-refractivity contribution is 0.0950. The topological polar surface area (TPSA) is 67.9 Å². The van der Waals surface area contributed by atoms with Gasteiger partial charge in [-0.05, 0) is 23.6 Å². The van der Waals surface area contributed by atoms with Crippen molar-refractivity contribution >= 4 is 28.5 Å². The van der Waals surface area contributed by atoms with Crippen LogP contribution in [0.5, 0.6) is 5.75 Å². The average Bonchev–Trinajstić information content (AvgIpc) is 3.26. The number of hydrogen-bond donors (Lipinski definition) is 1. The summed E-state index contributed by atoms with van der Waals surface area (Å²) in [6.07, 6.45) is 0. The quantitative estimate of drug-likeness (QED) is 0.659. The number of rotatable bonds is 5. The van der Waals surface area contributed by atoms with Gasteiger partial charge >= 0.3 is 0 Å². The fraction of sp³-hybridized carbons (Fsp3) is 0.217. The highest BCUT2D eigenvalue weighted by molar-refractivity contribution is 7.08. The summed E-state index contributed by atoms with van der Waals surface area (Å²) < 4.78 is 5.45. The molecule has 4 rings (SSSR count). The maximum Gasteiger partial charge on any atom is 0.182 e. The number of Topliss-reactive ketones (excluding diaryl/α,β-unsaturated/α-hetero) is 1. The van der Waals surface area contributed by atoms with Crippen LogP contribution < -0.4 is 15.4 Å². The maximum atomic E-state index is 12.9. The number of carbonyl (C=O) groups excluding carboxylic acids is 1. The van der Waals surface area contributed by atoms with Gasteiger partial charge in [0.25, 0.3) is 0 Å². The maximum absolute atomic E-state index is 12.9. The molecule has 6 heteroatoms. The molecule has 0 amide bonds. The molecule has 2 N–H and O–H groups in total. The van der Waals surface area contributed by atoms with Crippen LogP contribution in [0.4, 0.5) is 5.69 Å². The van der Waals surface area contributed by atoms with Crippen LogP contribution in [0.3, 0.4) is 0 Å². The molecule has 0 radical (unpaired) electrons. The van der Waals surface area contributed by atoms with Gasteiger partial charge in [0.05, 0.1) is 31.4 Å². The largest absolute Gasteiger partial charge is 0.497 e. The smallest absolute Gasteiger partial charge is 0.182 e. The number of benzodiazepines with no additional fused rings is 1. The van der Waals surface area contributed by atoms with E-state index in [0.29, 0.717) is 12.1 Å². The Morgan fingerprint density at radius 3 is 2.72 bits per heavy atom. The Morgan fingerprint density at radius 1 is 1.24 bits per heavy atom. The first-order valence-corrected chi connectivity index (χ1v) is 10.4.